The molecule has 0 bridgehead atoms. The highest BCUT2D eigenvalue weighted by Gasteiger charge is 2.37. The summed E-state index contributed by atoms with van der Waals surface area (Å²) >= 11 is 0. The third kappa shape index (κ3) is 6.91. The molecule has 3 rings (SSSR count). The molecule has 0 radical (unpaired) electrons. The van der Waals surface area contributed by atoms with E-state index >= 15 is 0 Å². The Kier molecular flexibility index (Phi) is 8.82. The molecule has 36 heavy (non-hydrogen) atoms. The maximum absolute atomic E-state index is 13.1. The fourth-order valence-electron chi connectivity index (χ4n) is 3.63. The molecule has 0 saturated carbocycles. The normalized spacial score (nSPS) is 14.9. The molecule has 3 heterocycles. The van der Waals surface area contributed by atoms with Gasteiger partial charge in [-0.15, -0.1) is 0 Å². The molecular weight excluding hydrogens is 487 g/mol. The zero-order chi connectivity index (χ0) is 26.3. The van der Waals surface area contributed by atoms with Gasteiger partial charge >= 0.3 is 6.18 Å². The predicted molar refractivity (Wildman–Crippen MR) is 121 cm³/mol. The number of aromatic nitrogens is 3. The number of hydrogen-bond donors (Lipinski definition) is 4. The van der Waals surface area contributed by atoms with Gasteiger partial charge in [-0.25, -0.2) is 15.6 Å². The lowest BCUT2D eigenvalue weighted by atomic mass is 10.2. The van der Waals surface area contributed by atoms with E-state index in [0.717, 1.165) is 6.20 Å². The average Bonchev–Trinajstić information content (AvgIpc) is 2.85. The maximum atomic E-state index is 13.1. The van der Waals surface area contributed by atoms with E-state index in [1.807, 2.05) is 4.90 Å². The molecule has 1 aliphatic rings. The van der Waals surface area contributed by atoms with Crippen molar-refractivity contribution in [1.29, 1.82) is 0 Å². The largest absolute Gasteiger partial charge is 0.423 e. The lowest BCUT2D eigenvalue weighted by molar-refractivity contribution is -0.138. The van der Waals surface area contributed by atoms with Gasteiger partial charge in [0.05, 0.1) is 37.1 Å². The molecule has 1 aliphatic heterocycles. The Morgan fingerprint density at radius 1 is 1.22 bits per heavy atom. The molecular formula is C21H26F3N7O5. The van der Waals surface area contributed by atoms with E-state index in [1.165, 1.54) is 17.7 Å². The van der Waals surface area contributed by atoms with Gasteiger partial charge in [0.1, 0.15) is 11.4 Å². The highest BCUT2D eigenvalue weighted by atomic mass is 19.4. The number of pyridine rings is 1. The molecule has 1 fully saturated rings. The fraction of sp³-hybridized carbons (Fsp3) is 0.476. The standard InChI is InChI=1S/C21H26F3N7O5/c1-13(27-15-11-26-28-20(34)18(15)21(22,23)24)12-36-9-4-17(32)31-7-5-30(6-8-31)16-3-2-14(10-25-16)19(33)29-35/h2-3,10-11,13,35H,4-9,12H2,1H3,(H,29,33)(H2,27,28,34)/t13-/m0/s1. The van der Waals surface area contributed by atoms with Crippen molar-refractivity contribution >= 4 is 23.3 Å². The molecule has 12 nitrogen and oxygen atoms in total. The first-order valence-corrected chi connectivity index (χ1v) is 11.0. The number of alkyl halides is 3. The molecule has 0 aromatic carbocycles. The number of nitrogens with one attached hydrogen (secondary N) is 3. The zero-order valence-corrected chi connectivity index (χ0v) is 19.3. The summed E-state index contributed by atoms with van der Waals surface area (Å²) < 4.78 is 44.8. The topological polar surface area (TPSA) is 153 Å². The van der Waals surface area contributed by atoms with Crippen LogP contribution in [-0.2, 0) is 15.7 Å². The van der Waals surface area contributed by atoms with E-state index in [4.69, 9.17) is 9.94 Å². The molecule has 4 N–H and O–H groups in total. The Labute approximate surface area is 203 Å². The molecule has 196 valence electrons. The van der Waals surface area contributed by atoms with Crippen LogP contribution in [0.5, 0.6) is 0 Å². The van der Waals surface area contributed by atoms with Gasteiger partial charge in [0.25, 0.3) is 11.5 Å². The van der Waals surface area contributed by atoms with Crippen LogP contribution in [0, 0.1) is 0 Å². The van der Waals surface area contributed by atoms with Crippen LogP contribution in [0.1, 0.15) is 29.3 Å². The van der Waals surface area contributed by atoms with Crippen molar-refractivity contribution in [3.8, 4) is 0 Å². The number of carbonyl (C=O) groups is 2. The first-order valence-electron chi connectivity index (χ1n) is 11.0. The fourth-order valence-corrected chi connectivity index (χ4v) is 3.63. The molecule has 0 unspecified atom stereocenters. The van der Waals surface area contributed by atoms with Gasteiger partial charge in [0.2, 0.25) is 5.91 Å². The molecule has 2 aromatic rings. The quantitative estimate of drug-likeness (QED) is 0.217. The molecule has 2 amide bonds. The average molecular weight is 513 g/mol. The molecule has 0 spiro atoms. The van der Waals surface area contributed by atoms with Crippen molar-refractivity contribution in [3.63, 3.8) is 0 Å². The van der Waals surface area contributed by atoms with Crippen LogP contribution in [0.2, 0.25) is 0 Å². The minimum atomic E-state index is -4.84. The summed E-state index contributed by atoms with van der Waals surface area (Å²) in [6.07, 6.45) is -2.50. The summed E-state index contributed by atoms with van der Waals surface area (Å²) in [5.41, 5.74) is -1.39. The summed E-state index contributed by atoms with van der Waals surface area (Å²) in [5, 5.41) is 16.4. The number of H-pyrrole nitrogens is 1. The van der Waals surface area contributed by atoms with Crippen LogP contribution < -0.4 is 21.3 Å². The van der Waals surface area contributed by atoms with Crippen molar-refractivity contribution in [2.24, 2.45) is 0 Å². The van der Waals surface area contributed by atoms with Crippen LogP contribution in [0.4, 0.5) is 24.7 Å². The lowest BCUT2D eigenvalue weighted by Crippen LogP contribution is -2.49. The third-order valence-corrected chi connectivity index (χ3v) is 5.44. The molecule has 0 aliphatic carbocycles. The number of carbonyl (C=O) groups excluding carboxylic acids is 2. The number of nitrogens with zero attached hydrogens (tertiary/aromatic N) is 4. The Hall–Kier alpha value is -3.72. The number of halogens is 3. The van der Waals surface area contributed by atoms with Gasteiger partial charge in [0, 0.05) is 38.4 Å². The second kappa shape index (κ2) is 11.8. The first kappa shape index (κ1) is 26.9. The number of rotatable bonds is 9. The van der Waals surface area contributed by atoms with Crippen LogP contribution in [0.25, 0.3) is 0 Å². The number of hydrogen-bond acceptors (Lipinski definition) is 9. The summed E-state index contributed by atoms with van der Waals surface area (Å²) in [4.78, 5) is 43.2. The third-order valence-electron chi connectivity index (χ3n) is 5.44. The smallest absolute Gasteiger partial charge is 0.379 e. The van der Waals surface area contributed by atoms with Crippen molar-refractivity contribution in [2.45, 2.75) is 25.6 Å². The maximum Gasteiger partial charge on any atom is 0.423 e. The Balaban J connectivity index is 1.39. The van der Waals surface area contributed by atoms with Gasteiger partial charge in [-0.2, -0.15) is 18.3 Å². The Morgan fingerprint density at radius 2 is 1.94 bits per heavy atom. The van der Waals surface area contributed by atoms with Crippen molar-refractivity contribution in [2.75, 3.05) is 49.6 Å². The zero-order valence-electron chi connectivity index (χ0n) is 19.3. The van der Waals surface area contributed by atoms with E-state index in [0.29, 0.717) is 32.0 Å². The number of amides is 2. The second-order valence-electron chi connectivity index (χ2n) is 8.07. The number of aromatic amines is 1. The first-order chi connectivity index (χ1) is 17.1. The van der Waals surface area contributed by atoms with Gasteiger partial charge < -0.3 is 19.9 Å². The highest BCUT2D eigenvalue weighted by Crippen LogP contribution is 2.31. The second-order valence-corrected chi connectivity index (χ2v) is 8.07. The lowest BCUT2D eigenvalue weighted by Gasteiger charge is -2.35. The Morgan fingerprint density at radius 3 is 2.56 bits per heavy atom. The summed E-state index contributed by atoms with van der Waals surface area (Å²) in [6, 6.07) is 2.62. The number of hydroxylamine groups is 1. The van der Waals surface area contributed by atoms with E-state index in [2.05, 4.69) is 15.4 Å². The van der Waals surface area contributed by atoms with Crippen molar-refractivity contribution in [3.05, 3.63) is 46.0 Å². The minimum Gasteiger partial charge on any atom is -0.379 e. The molecule has 15 heteroatoms. The van der Waals surface area contributed by atoms with E-state index in [9.17, 15) is 27.6 Å². The van der Waals surface area contributed by atoms with Gasteiger partial charge in [-0.05, 0) is 19.1 Å². The van der Waals surface area contributed by atoms with Crippen LogP contribution >= 0.6 is 0 Å². The number of ether oxygens (including phenoxy) is 1. The Bertz CT molecular complexity index is 1100. The molecule has 2 aromatic heterocycles. The number of anilines is 2. The van der Waals surface area contributed by atoms with Crippen LogP contribution in [-0.4, -0.2) is 82.5 Å². The summed E-state index contributed by atoms with van der Waals surface area (Å²) in [6.45, 7) is 3.69. The van der Waals surface area contributed by atoms with Gasteiger partial charge in [0.15, 0.2) is 0 Å². The molecule has 1 atom stereocenters. The van der Waals surface area contributed by atoms with E-state index in [1.54, 1.807) is 23.0 Å². The highest BCUT2D eigenvalue weighted by molar-refractivity contribution is 5.93. The number of piperazine rings is 1. The van der Waals surface area contributed by atoms with Crippen LogP contribution in [0.15, 0.2) is 29.3 Å². The summed E-state index contributed by atoms with van der Waals surface area (Å²) in [5.74, 6) is -0.128. The SMILES string of the molecule is C[C@@H](COCCC(=O)N1CCN(c2ccc(C(=O)NO)cn2)CC1)Nc1cn[nH]c(=O)c1C(F)(F)F. The van der Waals surface area contributed by atoms with Crippen molar-refractivity contribution < 1.29 is 32.7 Å². The van der Waals surface area contributed by atoms with Gasteiger partial charge in [-0.3, -0.25) is 19.6 Å². The minimum absolute atomic E-state index is 0.0150. The van der Waals surface area contributed by atoms with E-state index < -0.39 is 34.9 Å². The van der Waals surface area contributed by atoms with Crippen molar-refractivity contribution in [1.82, 2.24) is 25.6 Å². The molecule has 1 saturated heterocycles. The predicted octanol–water partition coefficient (Wildman–Crippen LogP) is 0.859. The van der Waals surface area contributed by atoms with Crippen LogP contribution in [0.3, 0.4) is 0 Å². The van der Waals surface area contributed by atoms with Gasteiger partial charge in [-0.1, -0.05) is 0 Å². The monoisotopic (exact) mass is 513 g/mol. The van der Waals surface area contributed by atoms with E-state index in [-0.39, 0.29) is 31.1 Å². The summed E-state index contributed by atoms with van der Waals surface area (Å²) in [7, 11) is 0.